The van der Waals surface area contributed by atoms with E-state index in [-0.39, 0.29) is 0 Å². The van der Waals surface area contributed by atoms with Gasteiger partial charge in [-0.3, -0.25) is 0 Å². The van der Waals surface area contributed by atoms with E-state index in [1.165, 1.54) is 0 Å². The van der Waals surface area contributed by atoms with Gasteiger partial charge in [-0.05, 0) is 18.2 Å². The van der Waals surface area contributed by atoms with E-state index >= 15 is 0 Å². The molecule has 0 atom stereocenters. The van der Waals surface area contributed by atoms with Crippen molar-refractivity contribution in [3.63, 3.8) is 0 Å². The van der Waals surface area contributed by atoms with Gasteiger partial charge in [0.2, 0.25) is 0 Å². The van der Waals surface area contributed by atoms with Crippen LogP contribution >= 0.6 is 0 Å². The van der Waals surface area contributed by atoms with Gasteiger partial charge in [0.05, 0.1) is 0 Å². The van der Waals surface area contributed by atoms with Crippen LogP contribution in [0.25, 0.3) is 10.9 Å². The Morgan fingerprint density at radius 3 is 3.09 bits per heavy atom. The molecule has 2 nitrogen and oxygen atoms in total. The molecule has 0 saturated heterocycles. The minimum absolute atomic E-state index is 0.292. The van der Waals surface area contributed by atoms with E-state index in [0.29, 0.717) is 5.75 Å². The van der Waals surface area contributed by atoms with E-state index in [4.69, 9.17) is 5.11 Å². The predicted octanol–water partition coefficient (Wildman–Crippen LogP) is 1.68. The molecule has 0 fully saturated rings. The molecule has 0 saturated carbocycles. The van der Waals surface area contributed by atoms with E-state index in [2.05, 4.69) is 6.07 Å². The SMILES string of the molecule is Cn1c[c]c2cc(O)ccc21. The fourth-order valence-corrected chi connectivity index (χ4v) is 1.18. The van der Waals surface area contributed by atoms with Gasteiger partial charge < -0.3 is 9.67 Å². The Balaban J connectivity index is 2.86. The van der Waals surface area contributed by atoms with Crippen molar-refractivity contribution in [1.29, 1.82) is 0 Å². The van der Waals surface area contributed by atoms with Crippen LogP contribution in [0, 0.1) is 6.07 Å². The van der Waals surface area contributed by atoms with Crippen LogP contribution in [0.1, 0.15) is 0 Å². The summed E-state index contributed by atoms with van der Waals surface area (Å²) < 4.78 is 1.97. The van der Waals surface area contributed by atoms with Gasteiger partial charge in [0, 0.05) is 30.2 Å². The zero-order chi connectivity index (χ0) is 7.84. The summed E-state index contributed by atoms with van der Waals surface area (Å²) in [7, 11) is 1.95. The first-order chi connectivity index (χ1) is 5.27. The number of fused-ring (bicyclic) bond motifs is 1. The van der Waals surface area contributed by atoms with Gasteiger partial charge in [0.25, 0.3) is 0 Å². The third-order valence-electron chi connectivity index (χ3n) is 1.77. The Kier molecular flexibility index (Phi) is 1.15. The van der Waals surface area contributed by atoms with Gasteiger partial charge in [0.15, 0.2) is 0 Å². The van der Waals surface area contributed by atoms with Crippen LogP contribution in [0.4, 0.5) is 0 Å². The molecule has 0 aliphatic heterocycles. The van der Waals surface area contributed by atoms with Gasteiger partial charge in [-0.15, -0.1) is 0 Å². The molecular formula is C9H8NO. The number of phenolic OH excluding ortho intramolecular Hbond substituents is 1. The van der Waals surface area contributed by atoms with E-state index in [1.54, 1.807) is 12.1 Å². The Labute approximate surface area is 64.7 Å². The zero-order valence-corrected chi connectivity index (χ0v) is 6.20. The Morgan fingerprint density at radius 2 is 2.27 bits per heavy atom. The first kappa shape index (κ1) is 6.28. The van der Waals surface area contributed by atoms with Crippen molar-refractivity contribution in [2.45, 2.75) is 0 Å². The maximum Gasteiger partial charge on any atom is 0.116 e. The van der Waals surface area contributed by atoms with Crippen LogP contribution in [0.5, 0.6) is 5.75 Å². The number of aryl methyl sites for hydroxylation is 1. The van der Waals surface area contributed by atoms with Crippen LogP contribution in [0.3, 0.4) is 0 Å². The second-order valence-electron chi connectivity index (χ2n) is 2.59. The summed E-state index contributed by atoms with van der Waals surface area (Å²) in [5.74, 6) is 0.292. The number of hydrogen-bond donors (Lipinski definition) is 1. The third kappa shape index (κ3) is 0.871. The fraction of sp³-hybridized carbons (Fsp3) is 0.111. The van der Waals surface area contributed by atoms with Crippen LogP contribution in [-0.2, 0) is 7.05 Å². The first-order valence-electron chi connectivity index (χ1n) is 3.43. The first-order valence-corrected chi connectivity index (χ1v) is 3.43. The summed E-state index contributed by atoms with van der Waals surface area (Å²) in [6, 6.07) is 8.29. The van der Waals surface area contributed by atoms with Crippen molar-refractivity contribution < 1.29 is 5.11 Å². The van der Waals surface area contributed by atoms with Gasteiger partial charge in [-0.25, -0.2) is 0 Å². The van der Waals surface area contributed by atoms with Gasteiger partial charge in [0.1, 0.15) is 5.75 Å². The minimum Gasteiger partial charge on any atom is -0.508 e. The topological polar surface area (TPSA) is 25.2 Å². The lowest BCUT2D eigenvalue weighted by molar-refractivity contribution is 0.476. The van der Waals surface area contributed by atoms with Crippen molar-refractivity contribution in [3.05, 3.63) is 30.5 Å². The van der Waals surface area contributed by atoms with Crippen molar-refractivity contribution in [2.24, 2.45) is 7.05 Å². The van der Waals surface area contributed by atoms with E-state index < -0.39 is 0 Å². The van der Waals surface area contributed by atoms with Crippen LogP contribution in [0.2, 0.25) is 0 Å². The molecule has 2 rings (SSSR count). The minimum atomic E-state index is 0.292. The van der Waals surface area contributed by atoms with Gasteiger partial charge in [-0.2, -0.15) is 0 Å². The smallest absolute Gasteiger partial charge is 0.116 e. The molecule has 0 unspecified atom stereocenters. The lowest BCUT2D eigenvalue weighted by atomic mass is 10.2. The number of hydrogen-bond acceptors (Lipinski definition) is 1. The highest BCUT2D eigenvalue weighted by molar-refractivity contribution is 5.80. The molecule has 1 heterocycles. The average molecular weight is 146 g/mol. The molecule has 2 heteroatoms. The molecule has 11 heavy (non-hydrogen) atoms. The Bertz CT molecular complexity index is 389. The molecule has 0 bridgehead atoms. The monoisotopic (exact) mass is 146 g/mol. The maximum absolute atomic E-state index is 9.11. The normalized spacial score (nSPS) is 10.6. The van der Waals surface area contributed by atoms with Crippen LogP contribution in [-0.4, -0.2) is 9.67 Å². The average Bonchev–Trinajstić information content (AvgIpc) is 2.32. The molecular weight excluding hydrogens is 138 g/mol. The summed E-state index contributed by atoms with van der Waals surface area (Å²) in [6.07, 6.45) is 1.85. The van der Waals surface area contributed by atoms with Crippen LogP contribution in [0.15, 0.2) is 24.4 Å². The maximum atomic E-state index is 9.11. The molecule has 0 aliphatic rings. The number of aromatic nitrogens is 1. The summed E-state index contributed by atoms with van der Waals surface area (Å²) in [4.78, 5) is 0. The van der Waals surface area contributed by atoms with Crippen molar-refractivity contribution >= 4 is 10.9 Å². The fourth-order valence-electron chi connectivity index (χ4n) is 1.18. The summed E-state index contributed by atoms with van der Waals surface area (Å²) in [5.41, 5.74) is 1.09. The third-order valence-corrected chi connectivity index (χ3v) is 1.77. The molecule has 0 amide bonds. The van der Waals surface area contributed by atoms with Crippen molar-refractivity contribution in [1.82, 2.24) is 4.57 Å². The highest BCUT2D eigenvalue weighted by Crippen LogP contribution is 2.19. The van der Waals surface area contributed by atoms with Crippen molar-refractivity contribution in [3.8, 4) is 5.75 Å². The lowest BCUT2D eigenvalue weighted by Gasteiger charge is -1.95. The molecule has 1 N–H and O–H groups in total. The molecule has 2 aromatic rings. The molecule has 1 aromatic heterocycles. The highest BCUT2D eigenvalue weighted by atomic mass is 16.3. The number of aromatic hydroxyl groups is 1. The molecule has 0 aliphatic carbocycles. The Hall–Kier alpha value is -1.44. The number of nitrogens with zero attached hydrogens (tertiary/aromatic N) is 1. The number of phenols is 1. The van der Waals surface area contributed by atoms with Gasteiger partial charge in [-0.1, -0.05) is 0 Å². The lowest BCUT2D eigenvalue weighted by Crippen LogP contribution is -1.81. The second kappa shape index (κ2) is 2.02. The van der Waals surface area contributed by atoms with E-state index in [1.807, 2.05) is 23.9 Å². The van der Waals surface area contributed by atoms with Crippen molar-refractivity contribution in [2.75, 3.05) is 0 Å². The molecule has 1 radical (unpaired) electrons. The quantitative estimate of drug-likeness (QED) is 0.601. The number of rotatable bonds is 0. The van der Waals surface area contributed by atoms with Crippen LogP contribution < -0.4 is 0 Å². The van der Waals surface area contributed by atoms with E-state index in [0.717, 1.165) is 10.9 Å². The standard InChI is InChI=1S/C9H8NO/c1-10-5-4-7-6-8(11)2-3-9(7)10/h2-3,5-6,11H,1H3. The summed E-state index contributed by atoms with van der Waals surface area (Å²) in [6.45, 7) is 0. The van der Waals surface area contributed by atoms with Gasteiger partial charge >= 0.3 is 0 Å². The zero-order valence-electron chi connectivity index (χ0n) is 6.20. The number of benzene rings is 1. The predicted molar refractivity (Wildman–Crippen MR) is 43.4 cm³/mol. The molecule has 0 spiro atoms. The molecule has 1 aromatic carbocycles. The largest absolute Gasteiger partial charge is 0.508 e. The molecule has 55 valence electrons. The van der Waals surface area contributed by atoms with E-state index in [9.17, 15) is 0 Å². The summed E-state index contributed by atoms with van der Waals surface area (Å²) >= 11 is 0. The second-order valence-corrected chi connectivity index (χ2v) is 2.59. The Morgan fingerprint density at radius 1 is 1.45 bits per heavy atom. The summed E-state index contributed by atoms with van der Waals surface area (Å²) in [5, 5.41) is 10.1. The highest BCUT2D eigenvalue weighted by Gasteiger charge is 1.97.